The molecule has 1 fully saturated rings. The van der Waals surface area contributed by atoms with E-state index in [0.29, 0.717) is 12.6 Å². The summed E-state index contributed by atoms with van der Waals surface area (Å²) in [7, 11) is -0.616. The Morgan fingerprint density at radius 1 is 1.57 bits per heavy atom. The van der Waals surface area contributed by atoms with E-state index in [-0.39, 0.29) is 11.8 Å². The number of rotatable bonds is 4. The number of carbonyl (C=O) groups is 1. The van der Waals surface area contributed by atoms with Crippen LogP contribution in [0.5, 0.6) is 0 Å². The maximum Gasteiger partial charge on any atom is 0.221 e. The van der Waals surface area contributed by atoms with Crippen molar-refractivity contribution in [1.82, 2.24) is 5.32 Å². The van der Waals surface area contributed by atoms with Gasteiger partial charge in [-0.15, -0.1) is 0 Å². The van der Waals surface area contributed by atoms with Crippen molar-refractivity contribution in [2.75, 3.05) is 18.1 Å². The average molecular weight is 218 g/mol. The molecule has 4 nitrogen and oxygen atoms in total. The van der Waals surface area contributed by atoms with Crippen LogP contribution in [0.25, 0.3) is 0 Å². The van der Waals surface area contributed by atoms with Gasteiger partial charge in [-0.2, -0.15) is 0 Å². The van der Waals surface area contributed by atoms with Crippen molar-refractivity contribution in [1.29, 1.82) is 0 Å². The second-order valence-corrected chi connectivity index (χ2v) is 5.53. The molecular formula is C9H18N2O2S. The Morgan fingerprint density at radius 3 is 2.64 bits per heavy atom. The highest BCUT2D eigenvalue weighted by atomic mass is 32.2. The monoisotopic (exact) mass is 218 g/mol. The van der Waals surface area contributed by atoms with Crippen LogP contribution < -0.4 is 11.1 Å². The molecule has 14 heavy (non-hydrogen) atoms. The lowest BCUT2D eigenvalue weighted by atomic mass is 10.1. The van der Waals surface area contributed by atoms with Gasteiger partial charge in [-0.1, -0.05) is 6.92 Å². The first-order valence-electron chi connectivity index (χ1n) is 4.97. The standard InChI is InChI=1S/C9H18N2O2S/c1-7(9(10)12)6-11-8-2-4-14(13)5-3-8/h7-8,11H,2-6H2,1H3,(H2,10,12). The van der Waals surface area contributed by atoms with Crippen LogP contribution in [0.15, 0.2) is 0 Å². The van der Waals surface area contributed by atoms with Crippen molar-refractivity contribution in [3.8, 4) is 0 Å². The topological polar surface area (TPSA) is 72.2 Å². The normalized spacial score (nSPS) is 29.8. The molecule has 1 unspecified atom stereocenters. The molecule has 1 rings (SSSR count). The zero-order chi connectivity index (χ0) is 10.6. The first-order chi connectivity index (χ1) is 6.59. The molecule has 0 aromatic heterocycles. The maximum absolute atomic E-state index is 11.1. The van der Waals surface area contributed by atoms with Gasteiger partial charge in [0.25, 0.3) is 0 Å². The average Bonchev–Trinajstić information content (AvgIpc) is 2.16. The summed E-state index contributed by atoms with van der Waals surface area (Å²) in [6, 6.07) is 0.412. The van der Waals surface area contributed by atoms with Crippen LogP contribution in [-0.4, -0.2) is 34.2 Å². The summed E-state index contributed by atoms with van der Waals surface area (Å²) in [5.74, 6) is 1.17. The van der Waals surface area contributed by atoms with Crippen LogP contribution in [0.4, 0.5) is 0 Å². The second kappa shape index (κ2) is 5.46. The number of carbonyl (C=O) groups excluding carboxylic acids is 1. The maximum atomic E-state index is 11.1. The van der Waals surface area contributed by atoms with E-state index < -0.39 is 10.8 Å². The molecule has 0 aromatic carbocycles. The molecule has 0 aromatic rings. The van der Waals surface area contributed by atoms with Crippen molar-refractivity contribution in [2.24, 2.45) is 11.7 Å². The van der Waals surface area contributed by atoms with Gasteiger partial charge in [-0.25, -0.2) is 0 Å². The quantitative estimate of drug-likeness (QED) is 0.675. The van der Waals surface area contributed by atoms with Crippen LogP contribution in [0.3, 0.4) is 0 Å². The van der Waals surface area contributed by atoms with E-state index in [1.807, 2.05) is 6.92 Å². The van der Waals surface area contributed by atoms with E-state index in [1.165, 1.54) is 0 Å². The lowest BCUT2D eigenvalue weighted by Crippen LogP contribution is -2.40. The number of hydrogen-bond acceptors (Lipinski definition) is 3. The van der Waals surface area contributed by atoms with Crippen molar-refractivity contribution in [2.45, 2.75) is 25.8 Å². The Morgan fingerprint density at radius 2 is 2.14 bits per heavy atom. The zero-order valence-corrected chi connectivity index (χ0v) is 9.31. The van der Waals surface area contributed by atoms with E-state index >= 15 is 0 Å². The number of primary amides is 1. The lowest BCUT2D eigenvalue weighted by molar-refractivity contribution is -0.121. The largest absolute Gasteiger partial charge is 0.369 e. The Bertz CT molecular complexity index is 223. The summed E-state index contributed by atoms with van der Waals surface area (Å²) in [6.07, 6.45) is 1.89. The van der Waals surface area contributed by atoms with Gasteiger partial charge >= 0.3 is 0 Å². The Hall–Kier alpha value is -0.420. The molecule has 1 atom stereocenters. The van der Waals surface area contributed by atoms with Crippen molar-refractivity contribution >= 4 is 16.7 Å². The predicted molar refractivity (Wildman–Crippen MR) is 57.3 cm³/mol. The first-order valence-corrected chi connectivity index (χ1v) is 6.46. The van der Waals surface area contributed by atoms with Gasteiger partial charge in [0, 0.05) is 40.8 Å². The summed E-state index contributed by atoms with van der Waals surface area (Å²) >= 11 is 0. The van der Waals surface area contributed by atoms with Crippen LogP contribution in [-0.2, 0) is 15.6 Å². The molecule has 0 radical (unpaired) electrons. The molecule has 0 spiro atoms. The minimum atomic E-state index is -0.616. The minimum Gasteiger partial charge on any atom is -0.369 e. The summed E-state index contributed by atoms with van der Waals surface area (Å²) in [5.41, 5.74) is 5.15. The summed E-state index contributed by atoms with van der Waals surface area (Å²) in [4.78, 5) is 10.8. The second-order valence-electron chi connectivity index (χ2n) is 3.83. The molecule has 3 N–H and O–H groups in total. The molecule has 0 aliphatic carbocycles. The zero-order valence-electron chi connectivity index (χ0n) is 8.49. The Labute approximate surface area is 87.1 Å². The molecule has 1 aliphatic heterocycles. The van der Waals surface area contributed by atoms with E-state index in [2.05, 4.69) is 5.32 Å². The molecule has 5 heteroatoms. The van der Waals surface area contributed by atoms with Crippen LogP contribution >= 0.6 is 0 Å². The van der Waals surface area contributed by atoms with Crippen LogP contribution in [0, 0.1) is 5.92 Å². The number of amides is 1. The predicted octanol–water partition coefficient (Wildman–Crippen LogP) is -0.391. The van der Waals surface area contributed by atoms with Gasteiger partial charge in [-0.3, -0.25) is 9.00 Å². The summed E-state index contributed by atoms with van der Waals surface area (Å²) in [6.45, 7) is 2.45. The fraction of sp³-hybridized carbons (Fsp3) is 0.889. The molecule has 0 saturated carbocycles. The fourth-order valence-electron chi connectivity index (χ4n) is 1.44. The molecule has 1 heterocycles. The number of nitrogens with two attached hydrogens (primary N) is 1. The molecule has 82 valence electrons. The third kappa shape index (κ3) is 3.75. The van der Waals surface area contributed by atoms with Crippen molar-refractivity contribution < 1.29 is 9.00 Å². The SMILES string of the molecule is CC(CNC1CCS(=O)CC1)C(N)=O. The highest BCUT2D eigenvalue weighted by Gasteiger charge is 2.18. The van der Waals surface area contributed by atoms with Gasteiger partial charge in [0.1, 0.15) is 0 Å². The van der Waals surface area contributed by atoms with Crippen molar-refractivity contribution in [3.63, 3.8) is 0 Å². The third-order valence-electron chi connectivity index (χ3n) is 2.59. The van der Waals surface area contributed by atoms with Crippen LogP contribution in [0.1, 0.15) is 19.8 Å². The number of hydrogen-bond donors (Lipinski definition) is 2. The molecule has 1 amide bonds. The lowest BCUT2D eigenvalue weighted by Gasteiger charge is -2.23. The van der Waals surface area contributed by atoms with Gasteiger partial charge in [0.2, 0.25) is 5.91 Å². The van der Waals surface area contributed by atoms with Gasteiger partial charge < -0.3 is 11.1 Å². The fourth-order valence-corrected chi connectivity index (χ4v) is 2.74. The van der Waals surface area contributed by atoms with Crippen molar-refractivity contribution in [3.05, 3.63) is 0 Å². The summed E-state index contributed by atoms with van der Waals surface area (Å²) < 4.78 is 11.1. The van der Waals surface area contributed by atoms with Gasteiger partial charge in [-0.05, 0) is 12.8 Å². The van der Waals surface area contributed by atoms with E-state index in [1.54, 1.807) is 0 Å². The molecule has 1 saturated heterocycles. The highest BCUT2D eigenvalue weighted by molar-refractivity contribution is 7.85. The Balaban J connectivity index is 2.19. The van der Waals surface area contributed by atoms with Gasteiger partial charge in [0.05, 0.1) is 0 Å². The van der Waals surface area contributed by atoms with Gasteiger partial charge in [0.15, 0.2) is 0 Å². The third-order valence-corrected chi connectivity index (χ3v) is 3.97. The summed E-state index contributed by atoms with van der Waals surface area (Å²) in [5, 5.41) is 3.29. The van der Waals surface area contributed by atoms with E-state index in [4.69, 9.17) is 5.73 Å². The number of nitrogens with one attached hydrogen (secondary N) is 1. The Kier molecular flexibility index (Phi) is 4.54. The highest BCUT2D eigenvalue weighted by Crippen LogP contribution is 2.09. The van der Waals surface area contributed by atoms with Crippen LogP contribution in [0.2, 0.25) is 0 Å². The minimum absolute atomic E-state index is 0.123. The smallest absolute Gasteiger partial charge is 0.221 e. The van der Waals surface area contributed by atoms with E-state index in [0.717, 1.165) is 24.3 Å². The molecular weight excluding hydrogens is 200 g/mol. The molecule has 0 bridgehead atoms. The first kappa shape index (κ1) is 11.7. The van der Waals surface area contributed by atoms with E-state index in [9.17, 15) is 9.00 Å². The molecule has 1 aliphatic rings.